The number of hydrogen-bond acceptors (Lipinski definition) is 0. The maximum atomic E-state index is 3.66. The van der Waals surface area contributed by atoms with E-state index in [0.717, 1.165) is 6.42 Å². The van der Waals surface area contributed by atoms with Crippen LogP contribution in [-0.4, -0.2) is 0 Å². The lowest BCUT2D eigenvalue weighted by atomic mass is 9.89. The lowest BCUT2D eigenvalue weighted by Gasteiger charge is -2.16. The Hall–Kier alpha value is -1.04. The van der Waals surface area contributed by atoms with Gasteiger partial charge in [0.25, 0.3) is 0 Å². The third-order valence-corrected chi connectivity index (χ3v) is 1.77. The summed E-state index contributed by atoms with van der Waals surface area (Å²) in [5.41, 5.74) is 0.228. The van der Waals surface area contributed by atoms with Crippen LogP contribution in [-0.2, 0) is 0 Å². The highest BCUT2D eigenvalue weighted by Gasteiger charge is 2.09. The van der Waals surface area contributed by atoms with Gasteiger partial charge in [0.1, 0.15) is 0 Å². The van der Waals surface area contributed by atoms with Gasteiger partial charge >= 0.3 is 0 Å². The molecule has 0 aromatic rings. The minimum absolute atomic E-state index is 0.228. The SMILES string of the molecule is C=C/C=C/C(C)(C)C/C=C\C=C/C. The lowest BCUT2D eigenvalue weighted by Crippen LogP contribution is -2.04. The molecule has 13 heavy (non-hydrogen) atoms. The average molecular weight is 176 g/mol. The molecule has 0 saturated heterocycles. The first-order valence-electron chi connectivity index (χ1n) is 4.70. The van der Waals surface area contributed by atoms with Crippen LogP contribution in [0.25, 0.3) is 0 Å². The molecular weight excluding hydrogens is 156 g/mol. The van der Waals surface area contributed by atoms with Crippen molar-refractivity contribution in [2.45, 2.75) is 27.2 Å². The monoisotopic (exact) mass is 176 g/mol. The molecule has 0 aliphatic carbocycles. The molecule has 0 aromatic carbocycles. The van der Waals surface area contributed by atoms with Crippen LogP contribution in [0.3, 0.4) is 0 Å². The van der Waals surface area contributed by atoms with Crippen LogP contribution in [0.1, 0.15) is 27.2 Å². The van der Waals surface area contributed by atoms with Gasteiger partial charge in [-0.3, -0.25) is 0 Å². The van der Waals surface area contributed by atoms with E-state index in [0.29, 0.717) is 0 Å². The van der Waals surface area contributed by atoms with Gasteiger partial charge < -0.3 is 0 Å². The molecule has 0 heteroatoms. The van der Waals surface area contributed by atoms with Crippen LogP contribution in [0.4, 0.5) is 0 Å². The van der Waals surface area contributed by atoms with Gasteiger partial charge in [-0.25, -0.2) is 0 Å². The van der Waals surface area contributed by atoms with E-state index in [9.17, 15) is 0 Å². The third kappa shape index (κ3) is 7.32. The highest BCUT2D eigenvalue weighted by molar-refractivity contribution is 5.08. The Kier molecular flexibility index (Phi) is 5.96. The van der Waals surface area contributed by atoms with E-state index >= 15 is 0 Å². The van der Waals surface area contributed by atoms with Gasteiger partial charge in [0.05, 0.1) is 0 Å². The van der Waals surface area contributed by atoms with E-state index in [4.69, 9.17) is 0 Å². The largest absolute Gasteiger partial charge is 0.0991 e. The second kappa shape index (κ2) is 6.47. The summed E-state index contributed by atoms with van der Waals surface area (Å²) in [6.45, 7) is 10.1. The van der Waals surface area contributed by atoms with Crippen LogP contribution in [0.2, 0.25) is 0 Å². The standard InChI is InChI=1S/C13H20/c1-5-7-9-10-12-13(3,4)11-8-6-2/h5-11H,2,12H2,1,3-4H3/b7-5-,10-9-,11-8+. The molecule has 0 bridgehead atoms. The smallest absolute Gasteiger partial charge is 0.0137 e. The van der Waals surface area contributed by atoms with Crippen molar-refractivity contribution < 1.29 is 0 Å². The van der Waals surface area contributed by atoms with Crippen LogP contribution in [0.15, 0.2) is 49.1 Å². The number of hydrogen-bond donors (Lipinski definition) is 0. The fraction of sp³-hybridized carbons (Fsp3) is 0.385. The topological polar surface area (TPSA) is 0 Å². The lowest BCUT2D eigenvalue weighted by molar-refractivity contribution is 0.489. The van der Waals surface area contributed by atoms with Gasteiger partial charge in [-0.05, 0) is 18.8 Å². The summed E-state index contributed by atoms with van der Waals surface area (Å²) in [6, 6.07) is 0. The van der Waals surface area contributed by atoms with E-state index in [2.05, 4.69) is 38.7 Å². The van der Waals surface area contributed by atoms with Gasteiger partial charge in [0.2, 0.25) is 0 Å². The Bertz CT molecular complexity index is 214. The normalized spacial score (nSPS) is 13.5. The van der Waals surface area contributed by atoms with Crippen LogP contribution in [0.5, 0.6) is 0 Å². The van der Waals surface area contributed by atoms with Crippen LogP contribution >= 0.6 is 0 Å². The van der Waals surface area contributed by atoms with Crippen LogP contribution < -0.4 is 0 Å². The van der Waals surface area contributed by atoms with E-state index in [1.54, 1.807) is 0 Å². The van der Waals surface area contributed by atoms with Gasteiger partial charge in [0, 0.05) is 0 Å². The molecule has 0 aliphatic heterocycles. The van der Waals surface area contributed by atoms with Gasteiger partial charge in [-0.2, -0.15) is 0 Å². The molecule has 0 amide bonds. The van der Waals surface area contributed by atoms with E-state index in [1.807, 2.05) is 31.2 Å². The summed E-state index contributed by atoms with van der Waals surface area (Å²) < 4.78 is 0. The molecule has 0 nitrogen and oxygen atoms in total. The minimum atomic E-state index is 0.228. The molecule has 0 heterocycles. The summed E-state index contributed by atoms with van der Waals surface area (Å²) in [6.07, 6.45) is 15.4. The third-order valence-electron chi connectivity index (χ3n) is 1.77. The van der Waals surface area contributed by atoms with E-state index in [-0.39, 0.29) is 5.41 Å². The summed E-state index contributed by atoms with van der Waals surface area (Å²) in [4.78, 5) is 0. The Morgan fingerprint density at radius 2 is 1.85 bits per heavy atom. The average Bonchev–Trinajstić information content (AvgIpc) is 2.09. The van der Waals surface area contributed by atoms with Gasteiger partial charge in [-0.15, -0.1) is 0 Å². The molecule has 0 radical (unpaired) electrons. The Morgan fingerprint density at radius 1 is 1.15 bits per heavy atom. The second-order valence-corrected chi connectivity index (χ2v) is 3.74. The second-order valence-electron chi connectivity index (χ2n) is 3.74. The van der Waals surface area contributed by atoms with Crippen molar-refractivity contribution in [3.63, 3.8) is 0 Å². The summed E-state index contributed by atoms with van der Waals surface area (Å²) >= 11 is 0. The maximum absolute atomic E-state index is 3.66. The first-order valence-corrected chi connectivity index (χ1v) is 4.70. The van der Waals surface area contributed by atoms with Crippen molar-refractivity contribution in [2.75, 3.05) is 0 Å². The van der Waals surface area contributed by atoms with Crippen molar-refractivity contribution in [3.05, 3.63) is 49.1 Å². The Morgan fingerprint density at radius 3 is 2.38 bits per heavy atom. The Balaban J connectivity index is 4.01. The molecule has 0 aliphatic rings. The van der Waals surface area contributed by atoms with E-state index < -0.39 is 0 Å². The van der Waals surface area contributed by atoms with Crippen molar-refractivity contribution in [2.24, 2.45) is 5.41 Å². The zero-order valence-corrected chi connectivity index (χ0v) is 8.96. The molecule has 0 saturated carbocycles. The molecular formula is C13H20. The predicted octanol–water partition coefficient (Wildman–Crippen LogP) is 4.28. The fourth-order valence-corrected chi connectivity index (χ4v) is 0.958. The molecule has 0 aromatic heterocycles. The molecule has 72 valence electrons. The zero-order valence-electron chi connectivity index (χ0n) is 8.96. The molecule has 0 rings (SSSR count). The maximum Gasteiger partial charge on any atom is -0.0137 e. The van der Waals surface area contributed by atoms with Crippen molar-refractivity contribution >= 4 is 0 Å². The van der Waals surface area contributed by atoms with E-state index in [1.165, 1.54) is 0 Å². The minimum Gasteiger partial charge on any atom is -0.0991 e. The quantitative estimate of drug-likeness (QED) is 0.548. The molecule has 0 spiro atoms. The fourth-order valence-electron chi connectivity index (χ4n) is 0.958. The summed E-state index contributed by atoms with van der Waals surface area (Å²) in [5, 5.41) is 0. The first kappa shape index (κ1) is 12.0. The number of allylic oxidation sites excluding steroid dienone is 7. The van der Waals surface area contributed by atoms with Gasteiger partial charge in [0.15, 0.2) is 0 Å². The van der Waals surface area contributed by atoms with Gasteiger partial charge in [-0.1, -0.05) is 63.0 Å². The predicted molar refractivity (Wildman–Crippen MR) is 61.7 cm³/mol. The zero-order chi connectivity index (χ0) is 10.2. The van der Waals surface area contributed by atoms with Crippen molar-refractivity contribution in [1.29, 1.82) is 0 Å². The number of rotatable bonds is 5. The summed E-state index contributed by atoms with van der Waals surface area (Å²) in [5.74, 6) is 0. The van der Waals surface area contributed by atoms with Crippen LogP contribution in [0, 0.1) is 5.41 Å². The van der Waals surface area contributed by atoms with Crippen molar-refractivity contribution in [3.8, 4) is 0 Å². The molecule has 0 atom stereocenters. The molecule has 0 fully saturated rings. The van der Waals surface area contributed by atoms with Crippen molar-refractivity contribution in [1.82, 2.24) is 0 Å². The first-order chi connectivity index (χ1) is 6.12. The Labute approximate surface area is 82.4 Å². The molecule has 0 unspecified atom stereocenters. The summed E-state index contributed by atoms with van der Waals surface area (Å²) in [7, 11) is 0. The highest BCUT2D eigenvalue weighted by Crippen LogP contribution is 2.22. The molecule has 0 N–H and O–H groups in total. The highest BCUT2D eigenvalue weighted by atomic mass is 14.1.